The van der Waals surface area contributed by atoms with Gasteiger partial charge in [-0.3, -0.25) is 9.59 Å². The number of carboxylic acid groups (broad SMARTS) is 1. The van der Waals surface area contributed by atoms with Crippen molar-refractivity contribution >= 4 is 11.9 Å². The lowest BCUT2D eigenvalue weighted by Gasteiger charge is -2.18. The maximum Gasteiger partial charge on any atom is 0.337 e. The number of carbonyl (C=O) groups is 2. The molecule has 0 bridgehead atoms. The molecule has 0 saturated carbocycles. The first-order valence-electron chi connectivity index (χ1n) is 6.59. The predicted octanol–water partition coefficient (Wildman–Crippen LogP) is 0.139. The topological polar surface area (TPSA) is 119 Å². The molecule has 1 unspecified atom stereocenters. The number of aliphatic carboxylic acids is 1. The van der Waals surface area contributed by atoms with E-state index in [0.29, 0.717) is 18.0 Å². The molecular formula is C14H20N2O5. The molecule has 116 valence electrons. The number of carbonyl (C=O) groups excluding carboxylic acids is 1. The van der Waals surface area contributed by atoms with Crippen LogP contribution in [0, 0.1) is 5.92 Å². The minimum atomic E-state index is -2.06. The van der Waals surface area contributed by atoms with Gasteiger partial charge in [0.2, 0.25) is 5.56 Å². The van der Waals surface area contributed by atoms with Gasteiger partial charge in [-0.1, -0.05) is 13.8 Å². The van der Waals surface area contributed by atoms with Crippen molar-refractivity contribution < 1.29 is 19.8 Å². The summed E-state index contributed by atoms with van der Waals surface area (Å²) in [6, 6.07) is 2.68. The number of H-pyrrole nitrogens is 1. The minimum absolute atomic E-state index is 0.135. The number of aliphatic hydroxyl groups is 1. The van der Waals surface area contributed by atoms with Crippen LogP contribution in [0.15, 0.2) is 16.9 Å². The molecule has 7 nitrogen and oxygen atoms in total. The van der Waals surface area contributed by atoms with Crippen molar-refractivity contribution in [2.24, 2.45) is 5.92 Å². The molecule has 7 heteroatoms. The Morgan fingerprint density at radius 1 is 1.38 bits per heavy atom. The van der Waals surface area contributed by atoms with Crippen LogP contribution in [0.1, 0.15) is 36.8 Å². The van der Waals surface area contributed by atoms with Crippen molar-refractivity contribution in [3.05, 3.63) is 33.7 Å². The molecule has 1 amide bonds. The number of rotatable bonds is 6. The smallest absolute Gasteiger partial charge is 0.337 e. The molecule has 0 aromatic carbocycles. The van der Waals surface area contributed by atoms with Gasteiger partial charge in [-0.05, 0) is 25.3 Å². The molecule has 1 atom stereocenters. The van der Waals surface area contributed by atoms with Crippen LogP contribution < -0.4 is 10.9 Å². The van der Waals surface area contributed by atoms with E-state index in [1.807, 2.05) is 13.8 Å². The Morgan fingerprint density at radius 2 is 2.00 bits per heavy atom. The number of carboxylic acids is 1. The lowest BCUT2D eigenvalue weighted by molar-refractivity contribution is -0.155. The van der Waals surface area contributed by atoms with Crippen molar-refractivity contribution in [1.82, 2.24) is 10.3 Å². The lowest BCUT2D eigenvalue weighted by Crippen LogP contribution is -2.46. The van der Waals surface area contributed by atoms with Crippen molar-refractivity contribution in [1.29, 1.82) is 0 Å². The highest BCUT2D eigenvalue weighted by Gasteiger charge is 2.30. The molecule has 0 fully saturated rings. The zero-order valence-electron chi connectivity index (χ0n) is 12.3. The zero-order chi connectivity index (χ0) is 16.2. The van der Waals surface area contributed by atoms with E-state index in [-0.39, 0.29) is 5.56 Å². The molecule has 4 N–H and O–H groups in total. The molecule has 0 aliphatic carbocycles. The highest BCUT2D eigenvalue weighted by atomic mass is 16.4. The fourth-order valence-corrected chi connectivity index (χ4v) is 1.71. The number of hydrogen-bond acceptors (Lipinski definition) is 4. The average Bonchev–Trinajstić information content (AvgIpc) is 2.34. The normalized spacial score (nSPS) is 13.8. The number of aromatic nitrogens is 1. The van der Waals surface area contributed by atoms with Gasteiger partial charge >= 0.3 is 5.97 Å². The van der Waals surface area contributed by atoms with Gasteiger partial charge in [0, 0.05) is 17.3 Å². The maximum atomic E-state index is 11.9. The molecule has 1 aromatic rings. The first-order valence-corrected chi connectivity index (χ1v) is 6.59. The first-order chi connectivity index (χ1) is 9.61. The third kappa shape index (κ3) is 5.03. The predicted molar refractivity (Wildman–Crippen MR) is 76.2 cm³/mol. The molecule has 0 saturated heterocycles. The third-order valence-corrected chi connectivity index (χ3v) is 2.84. The second-order valence-electron chi connectivity index (χ2n) is 5.62. The molecule has 0 aliphatic heterocycles. The Labute approximate surface area is 122 Å². The molecule has 1 aromatic heterocycles. The van der Waals surface area contributed by atoms with Gasteiger partial charge in [0.15, 0.2) is 5.60 Å². The summed E-state index contributed by atoms with van der Waals surface area (Å²) in [6.45, 7) is 4.59. The van der Waals surface area contributed by atoms with Crippen molar-refractivity contribution in [3.8, 4) is 0 Å². The van der Waals surface area contributed by atoms with E-state index in [2.05, 4.69) is 10.3 Å². The van der Waals surface area contributed by atoms with E-state index < -0.39 is 29.6 Å². The van der Waals surface area contributed by atoms with E-state index in [1.165, 1.54) is 0 Å². The highest BCUT2D eigenvalue weighted by Crippen LogP contribution is 2.07. The number of amides is 1. The second-order valence-corrected chi connectivity index (χ2v) is 5.62. The molecule has 0 spiro atoms. The van der Waals surface area contributed by atoms with E-state index in [1.54, 1.807) is 6.07 Å². The molecule has 0 radical (unpaired) electrons. The summed E-state index contributed by atoms with van der Waals surface area (Å²) in [5.74, 6) is -1.73. The maximum absolute atomic E-state index is 11.9. The van der Waals surface area contributed by atoms with Gasteiger partial charge in [-0.25, -0.2) is 4.79 Å². The fourth-order valence-electron chi connectivity index (χ4n) is 1.71. The van der Waals surface area contributed by atoms with Gasteiger partial charge in [-0.15, -0.1) is 0 Å². The Balaban J connectivity index is 2.85. The highest BCUT2D eigenvalue weighted by molar-refractivity contribution is 5.94. The van der Waals surface area contributed by atoms with E-state index in [9.17, 15) is 19.5 Å². The molecule has 0 aliphatic rings. The fraction of sp³-hybridized carbons (Fsp3) is 0.500. The van der Waals surface area contributed by atoms with Crippen LogP contribution in [0.4, 0.5) is 0 Å². The van der Waals surface area contributed by atoms with Crippen LogP contribution in [-0.2, 0) is 11.2 Å². The Kier molecular flexibility index (Phi) is 5.26. The first kappa shape index (κ1) is 16.9. The lowest BCUT2D eigenvalue weighted by atomic mass is 10.1. The van der Waals surface area contributed by atoms with Crippen LogP contribution >= 0.6 is 0 Å². The van der Waals surface area contributed by atoms with Crippen LogP contribution in [0.3, 0.4) is 0 Å². The van der Waals surface area contributed by atoms with Gasteiger partial charge in [0.25, 0.3) is 5.91 Å². The van der Waals surface area contributed by atoms with Gasteiger partial charge < -0.3 is 20.5 Å². The Bertz CT molecular complexity index is 589. The van der Waals surface area contributed by atoms with Crippen LogP contribution in [0.25, 0.3) is 0 Å². The number of pyridine rings is 1. The average molecular weight is 296 g/mol. The largest absolute Gasteiger partial charge is 0.479 e. The summed E-state index contributed by atoms with van der Waals surface area (Å²) in [5.41, 5.74) is -1.69. The van der Waals surface area contributed by atoms with Crippen LogP contribution in [0.2, 0.25) is 0 Å². The quantitative estimate of drug-likeness (QED) is 0.595. The van der Waals surface area contributed by atoms with Crippen molar-refractivity contribution in [3.63, 3.8) is 0 Å². The molecule has 1 heterocycles. The Hall–Kier alpha value is -2.15. The summed E-state index contributed by atoms with van der Waals surface area (Å²) >= 11 is 0. The molecular weight excluding hydrogens is 276 g/mol. The van der Waals surface area contributed by atoms with Gasteiger partial charge in [0.1, 0.15) is 0 Å². The second kappa shape index (κ2) is 6.53. The van der Waals surface area contributed by atoms with Gasteiger partial charge in [0.05, 0.1) is 6.54 Å². The number of aromatic amines is 1. The number of nitrogens with one attached hydrogen (secondary N) is 2. The Morgan fingerprint density at radius 3 is 2.52 bits per heavy atom. The number of hydrogen-bond donors (Lipinski definition) is 4. The van der Waals surface area contributed by atoms with Crippen LogP contribution in [0.5, 0.6) is 0 Å². The van der Waals surface area contributed by atoms with E-state index in [4.69, 9.17) is 5.11 Å². The monoisotopic (exact) mass is 296 g/mol. The zero-order valence-corrected chi connectivity index (χ0v) is 12.3. The summed E-state index contributed by atoms with van der Waals surface area (Å²) in [7, 11) is 0. The van der Waals surface area contributed by atoms with Crippen molar-refractivity contribution in [2.75, 3.05) is 6.54 Å². The van der Waals surface area contributed by atoms with E-state index in [0.717, 1.165) is 13.0 Å². The summed E-state index contributed by atoms with van der Waals surface area (Å²) < 4.78 is 0. The summed E-state index contributed by atoms with van der Waals surface area (Å²) in [5, 5.41) is 20.6. The standard InChI is InChI=1S/C14H20N2O5/c1-8(2)4-10-5-9(6-11(17)16-10)12(18)15-7-14(3,21)13(19)20/h5-6,8,21H,4,7H2,1-3H3,(H,15,18)(H,16,17)(H,19,20). The molecule has 21 heavy (non-hydrogen) atoms. The van der Waals surface area contributed by atoms with Crippen LogP contribution in [-0.4, -0.2) is 39.2 Å². The SMILES string of the molecule is CC(C)Cc1cc(C(=O)NCC(C)(O)C(=O)O)cc(=O)[nH]1. The van der Waals surface area contributed by atoms with Crippen molar-refractivity contribution in [2.45, 2.75) is 32.8 Å². The van der Waals surface area contributed by atoms with E-state index >= 15 is 0 Å². The summed E-state index contributed by atoms with van der Waals surface area (Å²) in [4.78, 5) is 36.9. The minimum Gasteiger partial charge on any atom is -0.479 e. The van der Waals surface area contributed by atoms with Gasteiger partial charge in [-0.2, -0.15) is 0 Å². The summed E-state index contributed by atoms with van der Waals surface area (Å²) in [6.07, 6.45) is 0.614. The molecule has 1 rings (SSSR count). The third-order valence-electron chi connectivity index (χ3n) is 2.84.